The van der Waals surface area contributed by atoms with Gasteiger partial charge in [-0.1, -0.05) is 12.1 Å². The van der Waals surface area contributed by atoms with Crippen LogP contribution in [0.2, 0.25) is 0 Å². The second kappa shape index (κ2) is 8.62. The van der Waals surface area contributed by atoms with E-state index in [2.05, 4.69) is 5.32 Å². The molecule has 1 rings (SSSR count). The first-order valence-corrected chi connectivity index (χ1v) is 8.27. The number of benzene rings is 1. The molecule has 8 heteroatoms. The van der Waals surface area contributed by atoms with E-state index in [4.69, 9.17) is 4.74 Å². The second-order valence-electron chi connectivity index (χ2n) is 6.27. The van der Waals surface area contributed by atoms with E-state index in [1.54, 1.807) is 40.0 Å². The maximum Gasteiger partial charge on any atom is 0.446 e. The first-order valence-electron chi connectivity index (χ1n) is 7.46. The van der Waals surface area contributed by atoms with Crippen LogP contribution in [-0.2, 0) is 11.3 Å². The van der Waals surface area contributed by atoms with E-state index in [0.717, 1.165) is 5.56 Å². The number of nitrogens with one attached hydrogen (secondary N) is 1. The molecule has 4 nitrogen and oxygen atoms in total. The molecule has 0 aliphatic rings. The maximum atomic E-state index is 12.2. The van der Waals surface area contributed by atoms with Gasteiger partial charge in [-0.25, -0.2) is 4.79 Å². The van der Waals surface area contributed by atoms with E-state index >= 15 is 0 Å². The van der Waals surface area contributed by atoms with Crippen LogP contribution in [0.1, 0.15) is 26.3 Å². The average molecular weight is 364 g/mol. The number of amides is 1. The Morgan fingerprint density at radius 3 is 2.29 bits per heavy atom. The van der Waals surface area contributed by atoms with Gasteiger partial charge in [0.15, 0.2) is 0 Å². The quantitative estimate of drug-likeness (QED) is 0.605. The Balaban J connectivity index is 2.31. The first-order chi connectivity index (χ1) is 11.0. The third-order valence-corrected chi connectivity index (χ3v) is 3.55. The summed E-state index contributed by atoms with van der Waals surface area (Å²) in [5.74, 6) is 0. The number of nitrogens with zero attached hydrogens (tertiary/aromatic N) is 1. The molecule has 0 aliphatic carbocycles. The molecular formula is C16H23F3N2O2S. The fourth-order valence-corrected chi connectivity index (χ4v) is 2.26. The summed E-state index contributed by atoms with van der Waals surface area (Å²) in [6.45, 7) is 6.94. The highest BCUT2D eigenvalue weighted by Crippen LogP contribution is 2.36. The number of hydrogen-bond acceptors (Lipinski definition) is 4. The highest BCUT2D eigenvalue weighted by atomic mass is 32.2. The monoisotopic (exact) mass is 364 g/mol. The number of alkyl halides is 3. The van der Waals surface area contributed by atoms with Gasteiger partial charge in [0.05, 0.1) is 0 Å². The van der Waals surface area contributed by atoms with Gasteiger partial charge < -0.3 is 15.0 Å². The molecule has 0 fully saturated rings. The van der Waals surface area contributed by atoms with Crippen molar-refractivity contribution in [2.45, 2.75) is 43.3 Å². The molecule has 1 aromatic carbocycles. The van der Waals surface area contributed by atoms with Gasteiger partial charge in [0.1, 0.15) is 5.60 Å². The Morgan fingerprint density at radius 2 is 1.79 bits per heavy atom. The van der Waals surface area contributed by atoms with Crippen molar-refractivity contribution < 1.29 is 22.7 Å². The van der Waals surface area contributed by atoms with Gasteiger partial charge in [0.25, 0.3) is 0 Å². The Kier molecular flexibility index (Phi) is 7.41. The fraction of sp³-hybridized carbons (Fsp3) is 0.562. The van der Waals surface area contributed by atoms with Gasteiger partial charge in [-0.05, 0) is 50.2 Å². The standard InChI is InChI=1S/C16H23F3N2O2S/c1-15(2,3)23-14(22)21(4)10-9-20-11-12-5-7-13(8-6-12)24-16(17,18)19/h5-8,20H,9-11H2,1-4H3. The Morgan fingerprint density at radius 1 is 1.21 bits per heavy atom. The van der Waals surface area contributed by atoms with E-state index in [1.165, 1.54) is 17.0 Å². The molecule has 24 heavy (non-hydrogen) atoms. The van der Waals surface area contributed by atoms with E-state index in [-0.39, 0.29) is 16.7 Å². The van der Waals surface area contributed by atoms with Crippen molar-refractivity contribution in [3.8, 4) is 0 Å². The van der Waals surface area contributed by atoms with Crippen molar-refractivity contribution in [1.82, 2.24) is 10.2 Å². The van der Waals surface area contributed by atoms with E-state index < -0.39 is 17.2 Å². The molecule has 0 radical (unpaired) electrons. The molecule has 0 saturated heterocycles. The predicted molar refractivity (Wildman–Crippen MR) is 88.9 cm³/mol. The van der Waals surface area contributed by atoms with Gasteiger partial charge in [0, 0.05) is 31.6 Å². The molecule has 0 aliphatic heterocycles. The van der Waals surface area contributed by atoms with Gasteiger partial charge in [0.2, 0.25) is 0 Å². The average Bonchev–Trinajstić information content (AvgIpc) is 2.41. The minimum absolute atomic E-state index is 0.129. The molecule has 0 atom stereocenters. The summed E-state index contributed by atoms with van der Waals surface area (Å²) in [5.41, 5.74) is -3.93. The van der Waals surface area contributed by atoms with E-state index in [1.807, 2.05) is 0 Å². The minimum Gasteiger partial charge on any atom is -0.444 e. The Hall–Kier alpha value is -1.41. The van der Waals surface area contributed by atoms with E-state index in [9.17, 15) is 18.0 Å². The maximum absolute atomic E-state index is 12.2. The van der Waals surface area contributed by atoms with Crippen LogP contribution >= 0.6 is 11.8 Å². The lowest BCUT2D eigenvalue weighted by Gasteiger charge is -2.24. The number of ether oxygens (including phenoxy) is 1. The van der Waals surface area contributed by atoms with Crippen LogP contribution in [0.3, 0.4) is 0 Å². The van der Waals surface area contributed by atoms with Gasteiger partial charge in [-0.2, -0.15) is 13.2 Å². The summed E-state index contributed by atoms with van der Waals surface area (Å²) in [4.78, 5) is 13.4. The van der Waals surface area contributed by atoms with Crippen LogP contribution in [0.5, 0.6) is 0 Å². The lowest BCUT2D eigenvalue weighted by Crippen LogP contribution is -2.37. The largest absolute Gasteiger partial charge is 0.446 e. The van der Waals surface area contributed by atoms with Crippen molar-refractivity contribution >= 4 is 17.9 Å². The van der Waals surface area contributed by atoms with Crippen LogP contribution in [0, 0.1) is 0 Å². The zero-order chi connectivity index (χ0) is 18.4. The lowest BCUT2D eigenvalue weighted by atomic mass is 10.2. The molecule has 1 N–H and O–H groups in total. The number of carbonyl (C=O) groups excluding carboxylic acids is 1. The van der Waals surface area contributed by atoms with Crippen LogP contribution < -0.4 is 5.32 Å². The van der Waals surface area contributed by atoms with Crippen molar-refractivity contribution in [2.75, 3.05) is 20.1 Å². The Labute approximate surface area is 144 Å². The van der Waals surface area contributed by atoms with Crippen molar-refractivity contribution in [3.05, 3.63) is 29.8 Å². The lowest BCUT2D eigenvalue weighted by molar-refractivity contribution is -0.0328. The SMILES string of the molecule is CN(CCNCc1ccc(SC(F)(F)F)cc1)C(=O)OC(C)(C)C. The smallest absolute Gasteiger partial charge is 0.444 e. The normalized spacial score (nSPS) is 12.1. The number of likely N-dealkylation sites (N-methyl/N-ethyl adjacent to an activating group) is 1. The first kappa shape index (κ1) is 20.6. The number of halogens is 3. The molecule has 1 amide bonds. The highest BCUT2D eigenvalue weighted by Gasteiger charge is 2.28. The number of rotatable bonds is 6. The predicted octanol–water partition coefficient (Wildman–Crippen LogP) is 4.26. The summed E-state index contributed by atoms with van der Waals surface area (Å²) in [6, 6.07) is 6.20. The molecule has 0 spiro atoms. The van der Waals surface area contributed by atoms with Crippen LogP contribution in [0.25, 0.3) is 0 Å². The third-order valence-electron chi connectivity index (χ3n) is 2.82. The van der Waals surface area contributed by atoms with E-state index in [0.29, 0.717) is 19.6 Å². The second-order valence-corrected chi connectivity index (χ2v) is 7.41. The highest BCUT2D eigenvalue weighted by molar-refractivity contribution is 8.00. The number of carbonyl (C=O) groups is 1. The molecule has 0 unspecified atom stereocenters. The molecule has 0 bridgehead atoms. The summed E-state index contributed by atoms with van der Waals surface area (Å²) in [5, 5.41) is 3.14. The summed E-state index contributed by atoms with van der Waals surface area (Å²) >= 11 is -0.129. The van der Waals surface area contributed by atoms with Crippen molar-refractivity contribution in [1.29, 1.82) is 0 Å². The summed E-state index contributed by atoms with van der Waals surface area (Å²) in [6.07, 6.45) is -0.391. The topological polar surface area (TPSA) is 41.6 Å². The molecule has 0 aromatic heterocycles. The van der Waals surface area contributed by atoms with Gasteiger partial charge >= 0.3 is 11.6 Å². The van der Waals surface area contributed by atoms with Crippen LogP contribution in [0.4, 0.5) is 18.0 Å². The molecule has 1 aromatic rings. The van der Waals surface area contributed by atoms with Crippen LogP contribution in [0.15, 0.2) is 29.2 Å². The zero-order valence-electron chi connectivity index (χ0n) is 14.2. The van der Waals surface area contributed by atoms with Crippen molar-refractivity contribution in [2.24, 2.45) is 0 Å². The summed E-state index contributed by atoms with van der Waals surface area (Å²) in [7, 11) is 1.65. The summed E-state index contributed by atoms with van der Waals surface area (Å²) < 4.78 is 42.0. The van der Waals surface area contributed by atoms with Gasteiger partial charge in [-0.3, -0.25) is 0 Å². The molecule has 136 valence electrons. The fourth-order valence-electron chi connectivity index (χ4n) is 1.72. The van der Waals surface area contributed by atoms with Gasteiger partial charge in [-0.15, -0.1) is 0 Å². The van der Waals surface area contributed by atoms with Crippen LogP contribution in [-0.4, -0.2) is 42.2 Å². The zero-order valence-corrected chi connectivity index (χ0v) is 15.1. The minimum atomic E-state index is -4.27. The number of thioether (sulfide) groups is 1. The Bertz CT molecular complexity index is 528. The molecule has 0 heterocycles. The number of hydrogen-bond donors (Lipinski definition) is 1. The molecular weight excluding hydrogens is 341 g/mol. The third kappa shape index (κ3) is 9.02. The molecule has 0 saturated carbocycles. The van der Waals surface area contributed by atoms with Crippen molar-refractivity contribution in [3.63, 3.8) is 0 Å².